The van der Waals surface area contributed by atoms with Crippen LogP contribution in [0.4, 0.5) is 52.7 Å². The predicted molar refractivity (Wildman–Crippen MR) is 544 cm³/mol. The number of fused-ring (bicyclic) bond motifs is 3. The molecule has 0 N–H and O–H groups in total. The van der Waals surface area contributed by atoms with E-state index in [1.54, 1.807) is 0 Å². The monoisotopic (exact) mass is 2080 g/mol. The second-order valence-corrected chi connectivity index (χ2v) is 35.1. The summed E-state index contributed by atoms with van der Waals surface area (Å²) < 4.78 is 476. The number of alkyl halides is 9. The zero-order valence-electron chi connectivity index (χ0n) is 114. The molecule has 9 aromatic carbocycles. The van der Waals surface area contributed by atoms with E-state index in [1.807, 2.05) is 18.7 Å². The summed E-state index contributed by atoms with van der Waals surface area (Å²) >= 11 is 1.87. The third-order valence-electron chi connectivity index (χ3n) is 22.9. The number of amides is 3. The van der Waals surface area contributed by atoms with E-state index in [0.717, 1.165) is 131 Å². The zero-order chi connectivity index (χ0) is 134. The lowest BCUT2D eigenvalue weighted by molar-refractivity contribution is -0.138. The van der Waals surface area contributed by atoms with Crippen LogP contribution in [0.3, 0.4) is 0 Å². The Balaban J connectivity index is 0.000000219. The van der Waals surface area contributed by atoms with Crippen molar-refractivity contribution in [1.82, 2.24) is 58.1 Å². The van der Waals surface area contributed by atoms with Crippen LogP contribution in [0.1, 0.15) is 209 Å². The molecule has 0 bridgehead atoms. The summed E-state index contributed by atoms with van der Waals surface area (Å²) in [6.07, 6.45) is -12.4. The van der Waals surface area contributed by atoms with Crippen molar-refractivity contribution in [2.24, 2.45) is 0 Å². The molecule has 0 saturated carbocycles. The van der Waals surface area contributed by atoms with Crippen LogP contribution < -0.4 is 16.7 Å². The van der Waals surface area contributed by atoms with Gasteiger partial charge in [0.2, 0.25) is 17.7 Å². The van der Waals surface area contributed by atoms with Crippen LogP contribution in [0, 0.1) is 38.2 Å². The zero-order valence-corrected chi connectivity index (χ0v) is 81.4. The predicted octanol–water partition coefficient (Wildman–Crippen LogP) is 22.6. The lowest BCUT2D eigenvalue weighted by atomic mass is 9.97. The van der Waals surface area contributed by atoms with Crippen LogP contribution in [0.15, 0.2) is 230 Å². The van der Waals surface area contributed by atoms with Crippen molar-refractivity contribution in [1.29, 1.82) is 0 Å². The highest BCUT2D eigenvalue weighted by Gasteiger charge is 2.35. The highest BCUT2D eigenvalue weighted by atomic mass is 32.2. The topological polar surface area (TPSA) is 175 Å². The first-order valence-electron chi connectivity index (χ1n) is 62.4. The van der Waals surface area contributed by atoms with Crippen LogP contribution in [0.2, 0.25) is 0 Å². The average molecular weight is 2080 g/mol. The minimum atomic E-state index is -4.76. The molecule has 0 spiro atoms. The van der Waals surface area contributed by atoms with Crippen LogP contribution in [-0.4, -0.2) is 154 Å². The summed E-state index contributed by atoms with van der Waals surface area (Å²) in [5.41, 5.74) is -9.06. The Labute approximate surface area is 893 Å². The minimum absolute atomic E-state index is 0.00350. The van der Waals surface area contributed by atoms with Gasteiger partial charge in [0.25, 0.3) is 16.7 Å². The van der Waals surface area contributed by atoms with Crippen LogP contribution >= 0.6 is 35.3 Å². The van der Waals surface area contributed by atoms with E-state index in [-0.39, 0.29) is 196 Å². The van der Waals surface area contributed by atoms with Gasteiger partial charge in [-0.15, -0.1) is 0 Å². The Morgan fingerprint density at radius 3 is 1.03 bits per heavy atom. The van der Waals surface area contributed by atoms with Crippen molar-refractivity contribution >= 4 is 53.0 Å². The van der Waals surface area contributed by atoms with Gasteiger partial charge in [-0.05, 0) is 274 Å². The van der Waals surface area contributed by atoms with Crippen molar-refractivity contribution in [2.45, 2.75) is 210 Å². The first-order chi connectivity index (χ1) is 82.2. The van der Waals surface area contributed by atoms with Crippen molar-refractivity contribution in [3.63, 3.8) is 0 Å². The molecule has 762 valence electrons. The molecular weight excluding hydrogens is 1920 g/mol. The maximum atomic E-state index is 15.2. The summed E-state index contributed by atoms with van der Waals surface area (Å²) in [5, 5.41) is -1.29. The third kappa shape index (κ3) is 29.1. The van der Waals surface area contributed by atoms with E-state index < -0.39 is 252 Å². The number of carbonyl (C=O) groups is 3. The van der Waals surface area contributed by atoms with E-state index in [2.05, 4.69) is 15.0 Å². The quantitative estimate of drug-likeness (QED) is 0.0202. The first-order valence-corrected chi connectivity index (χ1v) is 47.7. The molecule has 0 unspecified atom stereocenters. The van der Waals surface area contributed by atoms with Gasteiger partial charge in [0.05, 0.1) is 45.5 Å². The summed E-state index contributed by atoms with van der Waals surface area (Å²) in [6, 6.07) is 18.9. The molecular formula is C111H120F12N12O6S3. The van der Waals surface area contributed by atoms with Gasteiger partial charge in [-0.1, -0.05) is 204 Å². The number of thioether (sulfide) groups is 3. The number of halogens is 12. The highest BCUT2D eigenvalue weighted by molar-refractivity contribution is 7.98. The number of nitrogens with zero attached hydrogens (tertiary/aromatic N) is 12. The summed E-state index contributed by atoms with van der Waals surface area (Å²) in [6.45, 7) is -33.0. The Morgan fingerprint density at radius 1 is 0.368 bits per heavy atom. The van der Waals surface area contributed by atoms with Gasteiger partial charge in [-0.25, -0.2) is 13.2 Å². The van der Waals surface area contributed by atoms with Crippen LogP contribution in [-0.2, 0) is 128 Å². The van der Waals surface area contributed by atoms with Gasteiger partial charge in [0.15, 0.2) is 15.5 Å². The fourth-order valence-electron chi connectivity index (χ4n) is 15.4. The standard InChI is InChI=1S/3C37H40F4N4O2S/c3*1-4-43(5-2)19-20-44(22-27-11-18-31(25(3)21-27)28-12-14-29(15-13-28)37(39,40)41)34(46)23-45-33-8-6-7-32(33)35(47)42-36(45)48-24-26-9-16-30(38)17-10-26/h3*9-18,21H,4-8,19-20,22-24H2,1-3H3/i4D2,5D2,11D,18D,19D2,20D2,21D,22D2,23D2;4D2,5D2,11D,18D,19D2,20D2,21D,23D2;11D,18D,21D,23D2,24D2. The van der Waals surface area contributed by atoms with Gasteiger partial charge in [0.1, 0.15) is 36.9 Å². The molecule has 12 aromatic rings. The average Bonchev–Trinajstić information content (AvgIpc) is 1.54. The van der Waals surface area contributed by atoms with Crippen molar-refractivity contribution < 1.29 is 115 Å². The molecule has 33 heteroatoms. The van der Waals surface area contributed by atoms with Crippen molar-refractivity contribution in [3.05, 3.63) is 349 Å². The van der Waals surface area contributed by atoms with Crippen molar-refractivity contribution in [2.75, 3.05) is 78.2 Å². The van der Waals surface area contributed by atoms with E-state index >= 15 is 9.59 Å². The first kappa shape index (κ1) is 70.8. The fourth-order valence-corrected chi connectivity index (χ4v) is 17.9. The minimum Gasteiger partial charge on any atom is -0.336 e. The summed E-state index contributed by atoms with van der Waals surface area (Å²) in [7, 11) is 0. The second-order valence-electron chi connectivity index (χ2n) is 32.4. The van der Waals surface area contributed by atoms with Gasteiger partial charge in [-0.2, -0.15) is 54.5 Å². The molecule has 15 rings (SSSR count). The molecule has 0 saturated heterocycles. The number of aromatic nitrogens is 6. The number of likely N-dealkylation sites (N-methyl/N-ethyl adjacent to an activating group) is 3. The van der Waals surface area contributed by atoms with E-state index in [9.17, 15) is 88.3 Å². The lowest BCUT2D eigenvalue weighted by Crippen LogP contribution is -2.40. The van der Waals surface area contributed by atoms with E-state index in [1.165, 1.54) is 62.4 Å². The Morgan fingerprint density at radius 2 is 0.681 bits per heavy atom. The third-order valence-corrected chi connectivity index (χ3v) is 25.7. The second kappa shape index (κ2) is 50.3. The summed E-state index contributed by atoms with van der Waals surface area (Å²) in [5.74, 6) is -7.18. The number of hydrogen-bond acceptors (Lipinski definition) is 15. The highest BCUT2D eigenvalue weighted by Crippen LogP contribution is 2.39. The van der Waals surface area contributed by atoms with Crippen LogP contribution in [0.25, 0.3) is 33.4 Å². The molecule has 144 heavy (non-hydrogen) atoms. The smallest absolute Gasteiger partial charge is 0.336 e. The molecule has 3 aromatic heterocycles. The SMILES string of the molecule is [2H]c1c([2H])c(-c2ccc(C(F)(F)F)cc2)c(C)c([2H])c1CN(C(=O)C([2H])([2H])n1c(SCc2ccc(F)cc2)nc(=O)c2c1CCC2)C([2H])([2H])C([2H])([2H])N(C([2H])([2H])C)C([2H])([2H])C.[2H]c1c([2H])c(-c2ccc(C(F)(F)F)cc2)c(C)c([2H])c1CN(CCN(CC)CC)C(=O)C([2H])([2H])n1c(SC([2H])([2H])c2ccc(F)cc2)nc(=O)c2c1CCC2.[2H]c1c([2H])c(C([2H])([2H])N(C(=O)C([2H])([2H])n2c(SCc3ccc(F)cc3)nc(=O)c3c2CCC3)C([2H])([2H])C([2H])([2H])N(C([2H])([2H])C)C([2H])([2H])C)c([2H])c(C)c1-c1ccc(C(F)(F)F)cc1. The normalized spacial score (nSPS) is 17.7. The molecule has 3 heterocycles. The van der Waals surface area contributed by atoms with E-state index in [0.29, 0.717) is 91.1 Å². The molecule has 3 aliphatic rings. The van der Waals surface area contributed by atoms with Gasteiger partial charge >= 0.3 is 18.5 Å². The Kier molecular flexibility index (Phi) is 24.7. The molecule has 18 nitrogen and oxygen atoms in total. The maximum Gasteiger partial charge on any atom is 0.416 e. The Hall–Kier alpha value is -11.9. The van der Waals surface area contributed by atoms with Crippen molar-refractivity contribution in [3.8, 4) is 33.4 Å². The fraction of sp³-hybridized carbons (Fsp3) is 0.378. The van der Waals surface area contributed by atoms with Crippen LogP contribution in [0.5, 0.6) is 0 Å². The molecule has 0 aliphatic heterocycles. The molecule has 0 fully saturated rings. The van der Waals surface area contributed by atoms with Gasteiger partial charge in [-0.3, -0.25) is 28.8 Å². The number of carbonyl (C=O) groups excluding carboxylic acids is 3. The molecule has 0 atom stereocenters. The largest absolute Gasteiger partial charge is 0.416 e. The maximum absolute atomic E-state index is 15.2. The number of rotatable bonds is 39. The van der Waals surface area contributed by atoms with Gasteiger partial charge in [0, 0.05) is 129 Å². The molecule has 0 radical (unpaired) electrons. The Bertz CT molecular complexity index is 8420. The molecule has 3 amide bonds. The lowest BCUT2D eigenvalue weighted by Gasteiger charge is -2.28. The number of hydrogen-bond donors (Lipinski definition) is 0. The van der Waals surface area contributed by atoms with E-state index in [4.69, 9.17) is 31.5 Å². The number of benzene rings is 9. The summed E-state index contributed by atoms with van der Waals surface area (Å²) in [4.78, 5) is 98.6. The molecule has 3 aliphatic carbocycles. The van der Waals surface area contributed by atoms with Gasteiger partial charge < -0.3 is 43.1 Å².